The summed E-state index contributed by atoms with van der Waals surface area (Å²) in [4.78, 5) is 12.9. The summed E-state index contributed by atoms with van der Waals surface area (Å²) in [7, 11) is -5.07. The fourth-order valence-corrected chi connectivity index (χ4v) is 8.32. The summed E-state index contributed by atoms with van der Waals surface area (Å²) >= 11 is 0. The molecule has 1 saturated heterocycles. The largest absolute Gasteiger partial charge is 0.457 e. The molecule has 0 aromatic rings. The summed E-state index contributed by atoms with van der Waals surface area (Å²) in [5.74, 6) is -0.412. The van der Waals surface area contributed by atoms with Gasteiger partial charge < -0.3 is 34.3 Å². The third-order valence-electron chi connectivity index (χ3n) is 11.8. The molecule has 1 rings (SSSR count). The second-order valence-electron chi connectivity index (χ2n) is 18.1. The van der Waals surface area contributed by atoms with Gasteiger partial charge in [0.15, 0.2) is 6.29 Å². The van der Waals surface area contributed by atoms with Crippen molar-refractivity contribution in [3.8, 4) is 0 Å². The molecule has 6 unspecified atom stereocenters. The van der Waals surface area contributed by atoms with Crippen molar-refractivity contribution in [2.24, 2.45) is 0 Å². The lowest BCUT2D eigenvalue weighted by Crippen LogP contribution is -2.60. The van der Waals surface area contributed by atoms with E-state index in [1.807, 2.05) is 0 Å². The molecule has 13 heteroatoms. The van der Waals surface area contributed by atoms with Crippen molar-refractivity contribution in [2.75, 3.05) is 26.4 Å². The van der Waals surface area contributed by atoms with Gasteiger partial charge in [0.25, 0.3) is 0 Å². The van der Waals surface area contributed by atoms with Crippen molar-refractivity contribution in [3.05, 3.63) is 72.9 Å². The zero-order valence-corrected chi connectivity index (χ0v) is 43.2. The van der Waals surface area contributed by atoms with Crippen LogP contribution in [-0.4, -0.2) is 97.5 Å². The molecular weight excluding hydrogens is 885 g/mol. The molecule has 1 fully saturated rings. The van der Waals surface area contributed by atoms with Gasteiger partial charge in [0, 0.05) is 13.0 Å². The Morgan fingerprint density at radius 1 is 0.574 bits per heavy atom. The molecule has 0 spiro atoms. The molecule has 1 aliphatic heterocycles. The summed E-state index contributed by atoms with van der Waals surface area (Å²) in [6.45, 7) is 3.83. The maximum Gasteiger partial charge on any atom is 0.397 e. The van der Waals surface area contributed by atoms with Crippen LogP contribution in [0.3, 0.4) is 0 Å². The summed E-state index contributed by atoms with van der Waals surface area (Å²) in [5, 5.41) is 30.8. The van der Waals surface area contributed by atoms with Crippen molar-refractivity contribution in [1.29, 1.82) is 0 Å². The van der Waals surface area contributed by atoms with E-state index in [9.17, 15) is 33.1 Å². The first-order valence-corrected chi connectivity index (χ1v) is 28.1. The fraction of sp³-hybridized carbons (Fsp3) is 0.764. The summed E-state index contributed by atoms with van der Waals surface area (Å²) < 4.78 is 59.3. The van der Waals surface area contributed by atoms with Gasteiger partial charge in [-0.1, -0.05) is 189 Å². The van der Waals surface area contributed by atoms with Crippen molar-refractivity contribution < 1.29 is 56.2 Å². The summed E-state index contributed by atoms with van der Waals surface area (Å²) in [6.07, 6.45) is 50.7. The van der Waals surface area contributed by atoms with Gasteiger partial charge in [0.05, 0.1) is 19.8 Å². The Kier molecular flexibility index (Phi) is 42.7. The van der Waals surface area contributed by atoms with Gasteiger partial charge in [0.1, 0.15) is 30.5 Å². The molecule has 0 radical (unpaired) electrons. The van der Waals surface area contributed by atoms with Crippen molar-refractivity contribution in [1.82, 2.24) is 0 Å². The zero-order chi connectivity index (χ0) is 49.6. The molecule has 0 amide bonds. The topological polar surface area (TPSA) is 178 Å². The molecule has 12 nitrogen and oxygen atoms in total. The average molecular weight is 981 g/mol. The van der Waals surface area contributed by atoms with Gasteiger partial charge in [-0.25, -0.2) is 4.18 Å². The van der Waals surface area contributed by atoms with Gasteiger partial charge >= 0.3 is 16.4 Å². The number of carbonyl (C=O) groups excluding carboxylic acids is 1. The standard InChI is InChI=1S/C55H96O12S/c1-3-5-7-9-11-13-15-17-19-21-23-25-26-28-30-32-34-36-38-40-42-44-51(57)65-49(48-64-55-53(59)54(67-68(60,61)62)52(58)50(46-56)66-55)47-63-45-43-41-39-37-35-33-31-29-27-24-22-20-18-16-14-12-10-8-6-4-2/h6,8,12,14,18,20-21,23-24,27,31,33,49-50,52-56,58-59H,3-5,7,9-11,13,15-17,19,22,25-26,28-30,32,34-48H2,1-2H3,(H,60,61,62)/b8-6-,14-12-,20-18-,23-21-,27-24-,33-31-. The minimum atomic E-state index is -5.07. The Labute approximate surface area is 413 Å². The van der Waals surface area contributed by atoms with E-state index in [0.717, 1.165) is 83.5 Å². The number of hydrogen-bond acceptors (Lipinski definition) is 11. The second kappa shape index (κ2) is 45.7. The van der Waals surface area contributed by atoms with Crippen LogP contribution in [-0.2, 0) is 38.3 Å². The molecule has 0 saturated carbocycles. The number of esters is 1. The first-order valence-electron chi connectivity index (χ1n) is 26.7. The van der Waals surface area contributed by atoms with Crippen molar-refractivity contribution in [3.63, 3.8) is 0 Å². The Balaban J connectivity index is 2.37. The van der Waals surface area contributed by atoms with Gasteiger partial charge in [-0.2, -0.15) is 8.42 Å². The van der Waals surface area contributed by atoms with Crippen molar-refractivity contribution >= 4 is 16.4 Å². The first-order chi connectivity index (χ1) is 33.1. The molecule has 0 aromatic heterocycles. The second-order valence-corrected chi connectivity index (χ2v) is 19.1. The fourth-order valence-electron chi connectivity index (χ4n) is 7.81. The third kappa shape index (κ3) is 38.3. The number of hydrogen-bond donors (Lipinski definition) is 4. The van der Waals surface area contributed by atoms with Gasteiger partial charge in [0.2, 0.25) is 0 Å². The van der Waals surface area contributed by atoms with E-state index in [1.165, 1.54) is 96.3 Å². The van der Waals surface area contributed by atoms with E-state index in [4.69, 9.17) is 18.9 Å². The minimum Gasteiger partial charge on any atom is -0.457 e. The molecular formula is C55H96O12S. The number of aliphatic hydroxyl groups excluding tert-OH is 3. The number of ether oxygens (including phenoxy) is 4. The highest BCUT2D eigenvalue weighted by Gasteiger charge is 2.48. The molecule has 1 heterocycles. The van der Waals surface area contributed by atoms with Crippen LogP contribution in [0.2, 0.25) is 0 Å². The van der Waals surface area contributed by atoms with Crippen LogP contribution >= 0.6 is 0 Å². The highest BCUT2D eigenvalue weighted by Crippen LogP contribution is 2.26. The highest BCUT2D eigenvalue weighted by molar-refractivity contribution is 7.80. The maximum absolute atomic E-state index is 12.9. The predicted octanol–water partition coefficient (Wildman–Crippen LogP) is 12.6. The number of rotatable bonds is 46. The lowest BCUT2D eigenvalue weighted by Gasteiger charge is -2.41. The monoisotopic (exact) mass is 981 g/mol. The van der Waals surface area contributed by atoms with E-state index in [2.05, 4.69) is 90.9 Å². The smallest absolute Gasteiger partial charge is 0.397 e. The molecule has 394 valence electrons. The quantitative estimate of drug-likeness (QED) is 0.0197. The Morgan fingerprint density at radius 3 is 1.50 bits per heavy atom. The van der Waals surface area contributed by atoms with Crippen LogP contribution in [0.15, 0.2) is 72.9 Å². The average Bonchev–Trinajstić information content (AvgIpc) is 3.31. The summed E-state index contributed by atoms with van der Waals surface area (Å²) in [5.41, 5.74) is 0. The van der Waals surface area contributed by atoms with Crippen LogP contribution in [0.5, 0.6) is 0 Å². The lowest BCUT2D eigenvalue weighted by atomic mass is 9.99. The third-order valence-corrected chi connectivity index (χ3v) is 12.3. The molecule has 68 heavy (non-hydrogen) atoms. The van der Waals surface area contributed by atoms with E-state index in [-0.39, 0.29) is 19.6 Å². The maximum atomic E-state index is 12.9. The van der Waals surface area contributed by atoms with Crippen LogP contribution in [0, 0.1) is 0 Å². The molecule has 0 aliphatic carbocycles. The van der Waals surface area contributed by atoms with Crippen LogP contribution < -0.4 is 0 Å². The van der Waals surface area contributed by atoms with Gasteiger partial charge in [-0.05, 0) is 83.5 Å². The molecule has 1 aliphatic rings. The van der Waals surface area contributed by atoms with Crippen molar-refractivity contribution in [2.45, 2.75) is 243 Å². The van der Waals surface area contributed by atoms with Crippen LogP contribution in [0.1, 0.15) is 206 Å². The number of aliphatic hydroxyl groups is 3. The number of unbranched alkanes of at least 4 members (excludes halogenated alkanes) is 21. The first kappa shape index (κ1) is 63.6. The van der Waals surface area contributed by atoms with E-state index < -0.39 is 59.8 Å². The van der Waals surface area contributed by atoms with E-state index >= 15 is 0 Å². The van der Waals surface area contributed by atoms with Crippen LogP contribution in [0.4, 0.5) is 0 Å². The normalized spacial score (nSPS) is 19.9. The van der Waals surface area contributed by atoms with E-state index in [1.54, 1.807) is 0 Å². The van der Waals surface area contributed by atoms with E-state index in [0.29, 0.717) is 13.0 Å². The summed E-state index contributed by atoms with van der Waals surface area (Å²) in [6, 6.07) is 0. The highest BCUT2D eigenvalue weighted by atomic mass is 32.3. The minimum absolute atomic E-state index is 0.0151. The van der Waals surface area contributed by atoms with Gasteiger partial charge in [-0.3, -0.25) is 9.35 Å². The lowest BCUT2D eigenvalue weighted by molar-refractivity contribution is -0.301. The number of allylic oxidation sites excluding steroid dienone is 12. The molecule has 0 aromatic carbocycles. The SMILES string of the molecule is CC/C=C\C/C=C\C/C=C\C/C=C\C/C=C\CCCCCCOCC(COC1OC(CO)C(O)C(OS(=O)(=O)O)C1O)OC(=O)CCCCCCCCCCC/C=C\CCCCCCCCCC. The molecule has 0 bridgehead atoms. The Bertz CT molecular complexity index is 1460. The predicted molar refractivity (Wildman–Crippen MR) is 276 cm³/mol. The molecule has 6 atom stereocenters. The molecule has 4 N–H and O–H groups in total. The van der Waals surface area contributed by atoms with Crippen LogP contribution in [0.25, 0.3) is 0 Å². The van der Waals surface area contributed by atoms with Gasteiger partial charge in [-0.15, -0.1) is 0 Å². The zero-order valence-electron chi connectivity index (χ0n) is 42.4. The number of carbonyl (C=O) groups is 1. The Hall–Kier alpha value is -2.46. The Morgan fingerprint density at radius 2 is 1.01 bits per heavy atom.